The third kappa shape index (κ3) is 3.71. The van der Waals surface area contributed by atoms with Gasteiger partial charge in [-0.25, -0.2) is 4.98 Å². The molecule has 5 heteroatoms. The molecule has 0 aliphatic heterocycles. The van der Waals surface area contributed by atoms with Crippen molar-refractivity contribution in [2.45, 2.75) is 42.8 Å². The number of aromatic amines is 1. The summed E-state index contributed by atoms with van der Waals surface area (Å²) in [6.07, 6.45) is 1.18. The highest BCUT2D eigenvalue weighted by Gasteiger charge is 2.10. The number of nitrogens with zero attached hydrogens (tertiary/aromatic N) is 1. The first-order chi connectivity index (χ1) is 9.60. The molecule has 0 saturated carbocycles. The Morgan fingerprint density at radius 2 is 2.15 bits per heavy atom. The zero-order valence-corrected chi connectivity index (χ0v) is 12.4. The Bertz CT molecular complexity index is 638. The topological polar surface area (TPSA) is 66.0 Å². The highest BCUT2D eigenvalue weighted by molar-refractivity contribution is 7.99. The van der Waals surface area contributed by atoms with Gasteiger partial charge in [0.15, 0.2) is 5.16 Å². The fourth-order valence-electron chi connectivity index (χ4n) is 1.94. The lowest BCUT2D eigenvalue weighted by molar-refractivity contribution is 0.196. The minimum atomic E-state index is -0.552. The molecule has 4 nitrogen and oxygen atoms in total. The fourth-order valence-corrected chi connectivity index (χ4v) is 2.96. The highest BCUT2D eigenvalue weighted by Crippen LogP contribution is 2.30. The van der Waals surface area contributed by atoms with Gasteiger partial charge in [-0.2, -0.15) is 0 Å². The molecule has 0 radical (unpaired) electrons. The van der Waals surface area contributed by atoms with Gasteiger partial charge in [-0.05, 0) is 25.0 Å². The van der Waals surface area contributed by atoms with Gasteiger partial charge in [0, 0.05) is 16.7 Å². The quantitative estimate of drug-likeness (QED) is 0.831. The van der Waals surface area contributed by atoms with Crippen molar-refractivity contribution in [2.24, 2.45) is 0 Å². The van der Waals surface area contributed by atoms with E-state index in [1.54, 1.807) is 6.92 Å². The molecule has 106 valence electrons. The Balaban J connectivity index is 2.32. The summed E-state index contributed by atoms with van der Waals surface area (Å²) in [6.45, 7) is 3.78. The lowest BCUT2D eigenvalue weighted by atomic mass is 10.1. The van der Waals surface area contributed by atoms with Crippen LogP contribution in [0.2, 0.25) is 0 Å². The maximum Gasteiger partial charge on any atom is 0.251 e. The number of H-pyrrole nitrogens is 1. The molecule has 0 aliphatic carbocycles. The van der Waals surface area contributed by atoms with Crippen LogP contribution < -0.4 is 5.56 Å². The van der Waals surface area contributed by atoms with Crippen molar-refractivity contribution in [2.75, 3.05) is 0 Å². The van der Waals surface area contributed by atoms with Crippen LogP contribution in [0.5, 0.6) is 0 Å². The number of aryl methyl sites for hydroxylation is 1. The molecule has 0 amide bonds. The van der Waals surface area contributed by atoms with E-state index < -0.39 is 6.10 Å². The van der Waals surface area contributed by atoms with Gasteiger partial charge in [0.25, 0.3) is 5.56 Å². The van der Waals surface area contributed by atoms with Gasteiger partial charge < -0.3 is 10.1 Å². The van der Waals surface area contributed by atoms with Gasteiger partial charge in [0.05, 0.1) is 6.10 Å². The molecule has 1 atom stereocenters. The predicted molar refractivity (Wildman–Crippen MR) is 80.1 cm³/mol. The van der Waals surface area contributed by atoms with E-state index in [4.69, 9.17) is 0 Å². The number of hydrogen-bond acceptors (Lipinski definition) is 4. The van der Waals surface area contributed by atoms with Crippen LogP contribution >= 0.6 is 11.8 Å². The van der Waals surface area contributed by atoms with Gasteiger partial charge >= 0.3 is 0 Å². The van der Waals surface area contributed by atoms with Crippen molar-refractivity contribution >= 4 is 11.8 Å². The van der Waals surface area contributed by atoms with Crippen molar-refractivity contribution in [1.29, 1.82) is 0 Å². The first kappa shape index (κ1) is 14.8. The Hall–Kier alpha value is -1.59. The molecule has 2 aromatic rings. The molecule has 0 unspecified atom stereocenters. The van der Waals surface area contributed by atoms with E-state index in [1.165, 1.54) is 17.8 Å². The SMILES string of the molecule is CCCc1cc(=O)[nH]c(Sc2ccccc2[C@H](C)O)n1. The molecule has 0 spiro atoms. The van der Waals surface area contributed by atoms with Crippen LogP contribution in [0.1, 0.15) is 37.6 Å². The molecule has 1 aromatic heterocycles. The summed E-state index contributed by atoms with van der Waals surface area (Å²) in [5, 5.41) is 10.3. The smallest absolute Gasteiger partial charge is 0.251 e. The van der Waals surface area contributed by atoms with Crippen LogP contribution in [0, 0.1) is 0 Å². The molecule has 1 aromatic carbocycles. The molecular formula is C15H18N2O2S. The minimum absolute atomic E-state index is 0.138. The van der Waals surface area contributed by atoms with Crippen LogP contribution in [0.3, 0.4) is 0 Å². The van der Waals surface area contributed by atoms with Gasteiger partial charge in [-0.3, -0.25) is 4.79 Å². The third-order valence-corrected chi connectivity index (χ3v) is 3.83. The Morgan fingerprint density at radius 1 is 1.40 bits per heavy atom. The van der Waals surface area contributed by atoms with Crippen molar-refractivity contribution in [3.05, 3.63) is 51.9 Å². The number of nitrogens with one attached hydrogen (secondary N) is 1. The standard InChI is InChI=1S/C15H18N2O2S/c1-3-6-11-9-14(19)17-15(16-11)20-13-8-5-4-7-12(13)10(2)18/h4-5,7-10,18H,3,6H2,1-2H3,(H,16,17,19)/t10-/m0/s1. The normalized spacial score (nSPS) is 12.3. The predicted octanol–water partition coefficient (Wildman–Crippen LogP) is 2.93. The van der Waals surface area contributed by atoms with Crippen LogP contribution in [-0.4, -0.2) is 15.1 Å². The number of hydrogen-bond donors (Lipinski definition) is 2. The summed E-state index contributed by atoms with van der Waals surface area (Å²) < 4.78 is 0. The maximum atomic E-state index is 11.6. The number of aliphatic hydroxyl groups is 1. The molecule has 20 heavy (non-hydrogen) atoms. The van der Waals surface area contributed by atoms with Crippen molar-refractivity contribution in [3.63, 3.8) is 0 Å². The summed E-state index contributed by atoms with van der Waals surface area (Å²) >= 11 is 1.37. The molecule has 0 aliphatic rings. The summed E-state index contributed by atoms with van der Waals surface area (Å²) in [5.41, 5.74) is 1.50. The van der Waals surface area contributed by atoms with E-state index >= 15 is 0 Å². The van der Waals surface area contributed by atoms with Crippen LogP contribution in [0.15, 0.2) is 45.2 Å². The molecule has 1 heterocycles. The second kappa shape index (κ2) is 6.72. The largest absolute Gasteiger partial charge is 0.389 e. The third-order valence-electron chi connectivity index (χ3n) is 2.85. The van der Waals surface area contributed by atoms with E-state index in [2.05, 4.69) is 16.9 Å². The Labute approximate surface area is 122 Å². The van der Waals surface area contributed by atoms with Crippen LogP contribution in [-0.2, 0) is 6.42 Å². The van der Waals surface area contributed by atoms with E-state index in [0.29, 0.717) is 5.16 Å². The number of benzene rings is 1. The molecule has 2 N–H and O–H groups in total. The molecule has 0 fully saturated rings. The van der Waals surface area contributed by atoms with Crippen LogP contribution in [0.4, 0.5) is 0 Å². The fraction of sp³-hybridized carbons (Fsp3) is 0.333. The monoisotopic (exact) mass is 290 g/mol. The second-order valence-electron chi connectivity index (χ2n) is 4.61. The Kier molecular flexibility index (Phi) is 4.98. The lowest BCUT2D eigenvalue weighted by Crippen LogP contribution is -2.10. The van der Waals surface area contributed by atoms with Gasteiger partial charge in [0.1, 0.15) is 0 Å². The summed E-state index contributed by atoms with van der Waals surface area (Å²) in [5.74, 6) is 0. The molecular weight excluding hydrogens is 272 g/mol. The highest BCUT2D eigenvalue weighted by atomic mass is 32.2. The second-order valence-corrected chi connectivity index (χ2v) is 5.64. The minimum Gasteiger partial charge on any atom is -0.389 e. The van der Waals surface area contributed by atoms with Crippen LogP contribution in [0.25, 0.3) is 0 Å². The number of aromatic nitrogens is 2. The number of aliphatic hydroxyl groups excluding tert-OH is 1. The van der Waals surface area contributed by atoms with E-state index in [0.717, 1.165) is 29.0 Å². The van der Waals surface area contributed by atoms with Gasteiger partial charge in [-0.1, -0.05) is 43.3 Å². The Morgan fingerprint density at radius 3 is 2.85 bits per heavy atom. The average Bonchev–Trinajstić information content (AvgIpc) is 2.38. The van der Waals surface area contributed by atoms with Gasteiger partial charge in [0.2, 0.25) is 0 Å². The number of rotatable bonds is 5. The molecule has 0 saturated heterocycles. The first-order valence-electron chi connectivity index (χ1n) is 6.65. The summed E-state index contributed by atoms with van der Waals surface area (Å²) in [6, 6.07) is 9.12. The summed E-state index contributed by atoms with van der Waals surface area (Å²) in [7, 11) is 0. The summed E-state index contributed by atoms with van der Waals surface area (Å²) in [4.78, 5) is 19.7. The first-order valence-corrected chi connectivity index (χ1v) is 7.47. The molecule has 2 rings (SSSR count). The van der Waals surface area contributed by atoms with Gasteiger partial charge in [-0.15, -0.1) is 0 Å². The van der Waals surface area contributed by atoms with Crippen molar-refractivity contribution < 1.29 is 5.11 Å². The van der Waals surface area contributed by atoms with E-state index in [-0.39, 0.29) is 5.56 Å². The zero-order chi connectivity index (χ0) is 14.5. The van der Waals surface area contributed by atoms with Crippen molar-refractivity contribution in [3.8, 4) is 0 Å². The van der Waals surface area contributed by atoms with E-state index in [1.807, 2.05) is 24.3 Å². The lowest BCUT2D eigenvalue weighted by Gasteiger charge is -2.11. The van der Waals surface area contributed by atoms with E-state index in [9.17, 15) is 9.90 Å². The molecule has 0 bridgehead atoms. The maximum absolute atomic E-state index is 11.6. The van der Waals surface area contributed by atoms with Crippen molar-refractivity contribution in [1.82, 2.24) is 9.97 Å². The average molecular weight is 290 g/mol. The zero-order valence-electron chi connectivity index (χ0n) is 11.6.